The van der Waals surface area contributed by atoms with Gasteiger partial charge in [-0.3, -0.25) is 4.79 Å². The Hall–Kier alpha value is -1.46. The van der Waals surface area contributed by atoms with E-state index >= 15 is 0 Å². The molecule has 0 spiro atoms. The number of nitrogens with one attached hydrogen (secondary N) is 1. The summed E-state index contributed by atoms with van der Waals surface area (Å²) in [6.45, 7) is 1.92. The van der Waals surface area contributed by atoms with E-state index in [0.29, 0.717) is 6.42 Å². The summed E-state index contributed by atoms with van der Waals surface area (Å²) in [5, 5.41) is 14.7. The molecule has 1 aromatic carbocycles. The first kappa shape index (κ1) is 15.6. The summed E-state index contributed by atoms with van der Waals surface area (Å²) in [4.78, 5) is 12.1. The zero-order valence-corrected chi connectivity index (χ0v) is 11.9. The summed E-state index contributed by atoms with van der Waals surface area (Å²) in [5.74, 6) is -0.515. The molecule has 104 valence electrons. The van der Waals surface area contributed by atoms with Crippen LogP contribution in [-0.4, -0.2) is 23.0 Å². The van der Waals surface area contributed by atoms with Gasteiger partial charge in [0.05, 0.1) is 21.7 Å². The van der Waals surface area contributed by atoms with Crippen LogP contribution in [0, 0.1) is 0 Å². The molecule has 7 heteroatoms. The summed E-state index contributed by atoms with van der Waals surface area (Å²) in [6.07, 6.45) is 1.31. The highest BCUT2D eigenvalue weighted by Crippen LogP contribution is 2.24. The molecule has 0 heterocycles. The lowest BCUT2D eigenvalue weighted by atomic mass is 10.1. The largest absolute Gasteiger partial charge is 0.409 e. The first-order valence-corrected chi connectivity index (χ1v) is 6.49. The van der Waals surface area contributed by atoms with Crippen molar-refractivity contribution in [1.29, 1.82) is 0 Å². The number of nitrogens with zero attached hydrogens (tertiary/aromatic N) is 1. The average molecular weight is 304 g/mol. The highest BCUT2D eigenvalue weighted by Gasteiger charge is 2.20. The Morgan fingerprint density at radius 1 is 1.47 bits per heavy atom. The molecule has 0 aliphatic rings. The number of halogens is 2. The second-order valence-corrected chi connectivity index (χ2v) is 4.75. The van der Waals surface area contributed by atoms with E-state index in [4.69, 9.17) is 34.1 Å². The monoisotopic (exact) mass is 303 g/mol. The standard InChI is InChI=1S/C12H15Cl2N3O2/c1-2-4-9(11(15)17-19)16-12(18)10-7(13)5-3-6-8(10)14/h3,5-6,9,19H,2,4H2,1H3,(H2,15,17)(H,16,18). The van der Waals surface area contributed by atoms with Crippen molar-refractivity contribution in [2.45, 2.75) is 25.8 Å². The van der Waals surface area contributed by atoms with E-state index in [0.717, 1.165) is 6.42 Å². The average Bonchev–Trinajstić information content (AvgIpc) is 2.37. The maximum Gasteiger partial charge on any atom is 0.254 e. The predicted molar refractivity (Wildman–Crippen MR) is 76.0 cm³/mol. The Balaban J connectivity index is 2.94. The number of hydrogen-bond donors (Lipinski definition) is 3. The van der Waals surface area contributed by atoms with Crippen LogP contribution < -0.4 is 11.1 Å². The van der Waals surface area contributed by atoms with Crippen LogP contribution >= 0.6 is 23.2 Å². The van der Waals surface area contributed by atoms with Crippen molar-refractivity contribution in [2.24, 2.45) is 10.9 Å². The van der Waals surface area contributed by atoms with Crippen LogP contribution in [-0.2, 0) is 0 Å². The molecule has 5 nitrogen and oxygen atoms in total. The van der Waals surface area contributed by atoms with Gasteiger partial charge < -0.3 is 16.3 Å². The van der Waals surface area contributed by atoms with Crippen molar-refractivity contribution in [3.8, 4) is 0 Å². The van der Waals surface area contributed by atoms with Gasteiger partial charge in [-0.25, -0.2) is 0 Å². The molecule has 0 bridgehead atoms. The van der Waals surface area contributed by atoms with Crippen molar-refractivity contribution in [2.75, 3.05) is 0 Å². The number of nitrogens with two attached hydrogens (primary N) is 1. The fourth-order valence-electron chi connectivity index (χ4n) is 1.60. The second kappa shape index (κ2) is 7.21. The SMILES string of the molecule is CCCC(NC(=O)c1c(Cl)cccc1Cl)/C(N)=N/O. The number of amides is 1. The summed E-state index contributed by atoms with van der Waals surface area (Å²) in [7, 11) is 0. The van der Waals surface area contributed by atoms with Crippen LogP contribution in [0.3, 0.4) is 0 Å². The molecule has 0 aliphatic carbocycles. The normalized spacial score (nSPS) is 13.1. The van der Waals surface area contributed by atoms with Gasteiger partial charge in [0.25, 0.3) is 5.91 Å². The van der Waals surface area contributed by atoms with Gasteiger partial charge in [0.1, 0.15) is 0 Å². The molecule has 1 amide bonds. The van der Waals surface area contributed by atoms with Gasteiger partial charge in [0.2, 0.25) is 0 Å². The van der Waals surface area contributed by atoms with Gasteiger partial charge in [-0.1, -0.05) is 47.8 Å². The molecule has 1 atom stereocenters. The van der Waals surface area contributed by atoms with E-state index < -0.39 is 11.9 Å². The maximum atomic E-state index is 12.1. The molecular weight excluding hydrogens is 289 g/mol. The number of oxime groups is 1. The van der Waals surface area contributed by atoms with Crippen molar-refractivity contribution >= 4 is 34.9 Å². The summed E-state index contributed by atoms with van der Waals surface area (Å²) < 4.78 is 0. The Morgan fingerprint density at radius 2 is 2.05 bits per heavy atom. The molecule has 0 saturated carbocycles. The third-order valence-corrected chi connectivity index (χ3v) is 3.17. The fourth-order valence-corrected chi connectivity index (χ4v) is 2.17. The van der Waals surface area contributed by atoms with E-state index in [-0.39, 0.29) is 21.4 Å². The molecule has 0 saturated heterocycles. The number of rotatable bonds is 5. The lowest BCUT2D eigenvalue weighted by Crippen LogP contribution is -2.44. The predicted octanol–water partition coefficient (Wildman–Crippen LogP) is 2.64. The van der Waals surface area contributed by atoms with E-state index in [1.807, 2.05) is 6.92 Å². The maximum absolute atomic E-state index is 12.1. The van der Waals surface area contributed by atoms with Crippen molar-refractivity contribution < 1.29 is 10.0 Å². The van der Waals surface area contributed by atoms with Gasteiger partial charge in [0.15, 0.2) is 5.84 Å². The van der Waals surface area contributed by atoms with E-state index in [1.165, 1.54) is 0 Å². The molecule has 0 fully saturated rings. The van der Waals surface area contributed by atoms with E-state index in [1.54, 1.807) is 18.2 Å². The lowest BCUT2D eigenvalue weighted by Gasteiger charge is -2.17. The number of amidine groups is 1. The zero-order chi connectivity index (χ0) is 14.4. The minimum Gasteiger partial charge on any atom is -0.409 e. The first-order valence-electron chi connectivity index (χ1n) is 5.73. The zero-order valence-electron chi connectivity index (χ0n) is 10.4. The third-order valence-electron chi connectivity index (χ3n) is 2.54. The Labute approximate surface area is 121 Å². The topological polar surface area (TPSA) is 87.7 Å². The molecule has 1 unspecified atom stereocenters. The highest BCUT2D eigenvalue weighted by atomic mass is 35.5. The van der Waals surface area contributed by atoms with E-state index in [2.05, 4.69) is 10.5 Å². The Morgan fingerprint density at radius 3 is 2.53 bits per heavy atom. The molecule has 0 aliphatic heterocycles. The van der Waals surface area contributed by atoms with Crippen LogP contribution in [0.15, 0.2) is 23.4 Å². The molecule has 0 aromatic heterocycles. The molecule has 4 N–H and O–H groups in total. The van der Waals surface area contributed by atoms with Crippen LogP contribution in [0.2, 0.25) is 10.0 Å². The van der Waals surface area contributed by atoms with Crippen LogP contribution in [0.4, 0.5) is 0 Å². The summed E-state index contributed by atoms with van der Waals surface area (Å²) >= 11 is 11.9. The van der Waals surface area contributed by atoms with Crippen molar-refractivity contribution in [3.05, 3.63) is 33.8 Å². The number of carbonyl (C=O) groups excluding carboxylic acids is 1. The third kappa shape index (κ3) is 4.01. The highest BCUT2D eigenvalue weighted by molar-refractivity contribution is 6.39. The van der Waals surface area contributed by atoms with Gasteiger partial charge in [-0.2, -0.15) is 0 Å². The number of benzene rings is 1. The van der Waals surface area contributed by atoms with Crippen LogP contribution in [0.25, 0.3) is 0 Å². The van der Waals surface area contributed by atoms with Crippen molar-refractivity contribution in [3.63, 3.8) is 0 Å². The van der Waals surface area contributed by atoms with Gasteiger partial charge >= 0.3 is 0 Å². The van der Waals surface area contributed by atoms with Crippen LogP contribution in [0.1, 0.15) is 30.1 Å². The van der Waals surface area contributed by atoms with Crippen LogP contribution in [0.5, 0.6) is 0 Å². The Kier molecular flexibility index (Phi) is 5.92. The summed E-state index contributed by atoms with van der Waals surface area (Å²) in [6, 6.07) is 4.23. The molecular formula is C12H15Cl2N3O2. The second-order valence-electron chi connectivity index (χ2n) is 3.94. The first-order chi connectivity index (χ1) is 9.01. The van der Waals surface area contributed by atoms with Gasteiger partial charge in [-0.05, 0) is 18.6 Å². The van der Waals surface area contributed by atoms with E-state index in [9.17, 15) is 4.79 Å². The molecule has 0 radical (unpaired) electrons. The van der Waals surface area contributed by atoms with Gasteiger partial charge in [-0.15, -0.1) is 0 Å². The number of carbonyl (C=O) groups is 1. The quantitative estimate of drug-likeness (QED) is 0.338. The molecule has 1 aromatic rings. The molecule has 19 heavy (non-hydrogen) atoms. The Bertz CT molecular complexity index is 472. The molecule has 1 rings (SSSR count). The number of hydrogen-bond acceptors (Lipinski definition) is 3. The van der Waals surface area contributed by atoms with Crippen molar-refractivity contribution in [1.82, 2.24) is 5.32 Å². The summed E-state index contributed by atoms with van der Waals surface area (Å²) in [5.41, 5.74) is 5.70. The lowest BCUT2D eigenvalue weighted by molar-refractivity contribution is 0.0945. The minimum atomic E-state index is -0.560. The van der Waals surface area contributed by atoms with Gasteiger partial charge in [0, 0.05) is 0 Å². The fraction of sp³-hybridized carbons (Fsp3) is 0.333. The smallest absolute Gasteiger partial charge is 0.254 e. The minimum absolute atomic E-state index is 0.0571.